The van der Waals surface area contributed by atoms with E-state index in [9.17, 15) is 28.8 Å². The van der Waals surface area contributed by atoms with E-state index in [1.54, 1.807) is 12.1 Å². The number of aliphatic carboxylic acids is 5. The van der Waals surface area contributed by atoms with Crippen molar-refractivity contribution in [1.82, 2.24) is 0 Å². The Morgan fingerprint density at radius 1 is 0.689 bits per heavy atom. The Morgan fingerprint density at radius 2 is 1.11 bits per heavy atom. The van der Waals surface area contributed by atoms with Crippen LogP contribution in [0.4, 0.5) is 5.69 Å². The zero-order chi connectivity index (χ0) is 35.6. The fourth-order valence-electron chi connectivity index (χ4n) is 2.37. The van der Waals surface area contributed by atoms with Crippen molar-refractivity contribution in [3.05, 3.63) is 77.4 Å². The monoisotopic (exact) mass is 637 g/mol. The van der Waals surface area contributed by atoms with Crippen LogP contribution in [0.15, 0.2) is 60.7 Å². The number of carboxylic acid groups (broad SMARTS) is 6. The molecule has 0 spiro atoms. The third-order valence-corrected chi connectivity index (χ3v) is 4.92. The van der Waals surface area contributed by atoms with E-state index in [0.717, 1.165) is 16.8 Å². The van der Waals surface area contributed by atoms with Crippen molar-refractivity contribution in [2.45, 2.75) is 71.8 Å². The highest BCUT2D eigenvalue weighted by atomic mass is 16.4. The van der Waals surface area contributed by atoms with Crippen molar-refractivity contribution in [3.63, 3.8) is 0 Å². The van der Waals surface area contributed by atoms with Crippen molar-refractivity contribution >= 4 is 41.5 Å². The summed E-state index contributed by atoms with van der Waals surface area (Å²) in [4.78, 5) is 58.5. The van der Waals surface area contributed by atoms with Crippen molar-refractivity contribution in [2.24, 2.45) is 0 Å². The van der Waals surface area contributed by atoms with Crippen LogP contribution in [0.1, 0.15) is 73.9 Å². The lowest BCUT2D eigenvalue weighted by atomic mass is 10.0. The molecule has 0 saturated carbocycles. The minimum absolute atomic E-state index is 0.296. The quantitative estimate of drug-likeness (QED) is 0.119. The highest BCUT2D eigenvalue weighted by Gasteiger charge is 2.21. The standard InChI is InChI=1S/C9H10O2.C6H7N.C5H8.C4H6O4.C4H8O3.C3H4O4/c1-6-4-3-5-8(7(6)2)9(10)11;7-6-4-2-1-3-5-6;1-2-4-5-3-1;5-3(6)1-2-4(7)8;1-4(2,7)3(5)6;4-2(5)1-3(6)7/h3-5H,1-2H3,(H,10,11);1-5H,7H2;1-2H,3-5H2;1-2H2,(H,5,6)(H,7,8);7H,1-2H3,(H,5,6);1H2,(H,4,5)(H,6,7). The van der Waals surface area contributed by atoms with Gasteiger partial charge in [-0.15, -0.1) is 0 Å². The molecule has 0 saturated heterocycles. The van der Waals surface area contributed by atoms with E-state index in [4.69, 9.17) is 41.5 Å². The Hall–Kier alpha value is -5.24. The van der Waals surface area contributed by atoms with Gasteiger partial charge in [-0.1, -0.05) is 42.5 Å². The minimum Gasteiger partial charge on any atom is -0.481 e. The van der Waals surface area contributed by atoms with Gasteiger partial charge in [0.1, 0.15) is 6.42 Å². The second-order valence-corrected chi connectivity index (χ2v) is 9.48. The SMILES string of the molecule is C1=CCCC1.CC(C)(O)C(=O)O.Cc1cccc(C(=O)O)c1C.Nc1ccccc1.O=C(O)CC(=O)O.O=C(O)CCC(=O)O. The van der Waals surface area contributed by atoms with E-state index in [1.165, 1.54) is 33.1 Å². The number of carbonyl (C=O) groups is 6. The number of para-hydroxylation sites is 1. The number of rotatable bonds is 7. The van der Waals surface area contributed by atoms with Crippen LogP contribution in [-0.2, 0) is 24.0 Å². The molecule has 0 heterocycles. The molecule has 14 nitrogen and oxygen atoms in total. The van der Waals surface area contributed by atoms with Crippen molar-refractivity contribution in [3.8, 4) is 0 Å². The lowest BCUT2D eigenvalue weighted by molar-refractivity contribution is -0.154. The summed E-state index contributed by atoms with van der Waals surface area (Å²) < 4.78 is 0. The van der Waals surface area contributed by atoms with E-state index in [1.807, 2.05) is 50.2 Å². The molecule has 45 heavy (non-hydrogen) atoms. The number of aliphatic hydroxyl groups is 1. The molecular weight excluding hydrogens is 594 g/mol. The summed E-state index contributed by atoms with van der Waals surface area (Å²) in [6.07, 6.45) is 7.10. The molecule has 0 atom stereocenters. The molecule has 14 heteroatoms. The number of anilines is 1. The zero-order valence-electron chi connectivity index (χ0n) is 25.7. The Morgan fingerprint density at radius 3 is 1.31 bits per heavy atom. The first-order chi connectivity index (χ1) is 20.7. The smallest absolute Gasteiger partial charge is 0.335 e. The molecule has 0 fully saturated rings. The highest BCUT2D eigenvalue weighted by molar-refractivity contribution is 5.89. The van der Waals surface area contributed by atoms with E-state index in [-0.39, 0.29) is 12.8 Å². The van der Waals surface area contributed by atoms with E-state index in [2.05, 4.69) is 12.2 Å². The number of hydrogen-bond donors (Lipinski definition) is 8. The predicted molar refractivity (Wildman–Crippen MR) is 165 cm³/mol. The third-order valence-electron chi connectivity index (χ3n) is 4.92. The van der Waals surface area contributed by atoms with E-state index in [0.29, 0.717) is 5.56 Å². The van der Waals surface area contributed by atoms with Gasteiger partial charge in [-0.3, -0.25) is 19.2 Å². The fraction of sp³-hybridized carbons (Fsp3) is 0.355. The number of aromatic carboxylic acids is 1. The fourth-order valence-corrected chi connectivity index (χ4v) is 2.37. The molecule has 1 aliphatic carbocycles. The largest absolute Gasteiger partial charge is 0.481 e. The van der Waals surface area contributed by atoms with Gasteiger partial charge in [-0.05, 0) is 76.3 Å². The van der Waals surface area contributed by atoms with Crippen LogP contribution in [0.3, 0.4) is 0 Å². The first-order valence-electron chi connectivity index (χ1n) is 13.3. The summed E-state index contributed by atoms with van der Waals surface area (Å²) >= 11 is 0. The number of nitrogen functional groups attached to an aromatic ring is 1. The average molecular weight is 638 g/mol. The van der Waals surface area contributed by atoms with Crippen LogP contribution < -0.4 is 5.73 Å². The first-order valence-corrected chi connectivity index (χ1v) is 13.3. The number of benzene rings is 2. The summed E-state index contributed by atoms with van der Waals surface area (Å²) in [6.45, 7) is 6.16. The van der Waals surface area contributed by atoms with Gasteiger partial charge < -0.3 is 41.5 Å². The lowest BCUT2D eigenvalue weighted by Gasteiger charge is -2.07. The van der Waals surface area contributed by atoms with Gasteiger partial charge in [-0.2, -0.15) is 0 Å². The van der Waals surface area contributed by atoms with Crippen LogP contribution in [0.25, 0.3) is 0 Å². The number of carboxylic acids is 6. The normalized spacial score (nSPS) is 10.5. The lowest BCUT2D eigenvalue weighted by Crippen LogP contribution is -2.30. The van der Waals surface area contributed by atoms with Crippen LogP contribution in [-0.4, -0.2) is 77.2 Å². The molecule has 0 radical (unpaired) electrons. The molecule has 250 valence electrons. The Kier molecular flexibility index (Phi) is 24.8. The number of allylic oxidation sites excluding steroid dienone is 2. The average Bonchev–Trinajstić information content (AvgIpc) is 3.50. The molecule has 0 unspecified atom stereocenters. The summed E-state index contributed by atoms with van der Waals surface area (Å²) in [7, 11) is 0. The molecule has 2 aromatic rings. The summed E-state index contributed by atoms with van der Waals surface area (Å²) in [6, 6.07) is 14.8. The predicted octanol–water partition coefficient (Wildman–Crippen LogP) is 4.32. The first kappa shape index (κ1) is 44.2. The van der Waals surface area contributed by atoms with Gasteiger partial charge >= 0.3 is 35.8 Å². The van der Waals surface area contributed by atoms with Gasteiger partial charge in [-0.25, -0.2) is 9.59 Å². The van der Waals surface area contributed by atoms with Gasteiger partial charge in [0.05, 0.1) is 18.4 Å². The van der Waals surface area contributed by atoms with Crippen LogP contribution in [0.2, 0.25) is 0 Å². The number of aryl methyl sites for hydroxylation is 1. The van der Waals surface area contributed by atoms with Crippen LogP contribution in [0, 0.1) is 13.8 Å². The highest BCUT2D eigenvalue weighted by Crippen LogP contribution is 2.11. The van der Waals surface area contributed by atoms with Gasteiger partial charge in [0.25, 0.3) is 0 Å². The second-order valence-electron chi connectivity index (χ2n) is 9.48. The summed E-state index contributed by atoms with van der Waals surface area (Å²) in [5.74, 6) is -6.83. The molecule has 9 N–H and O–H groups in total. The van der Waals surface area contributed by atoms with E-state index < -0.39 is 47.8 Å². The zero-order valence-corrected chi connectivity index (χ0v) is 25.7. The molecule has 3 rings (SSSR count). The molecule has 0 aromatic heterocycles. The Balaban J connectivity index is -0.000000478. The van der Waals surface area contributed by atoms with E-state index >= 15 is 0 Å². The van der Waals surface area contributed by atoms with Gasteiger partial charge in [0, 0.05) is 5.69 Å². The van der Waals surface area contributed by atoms with Gasteiger partial charge in [0.15, 0.2) is 5.60 Å². The molecule has 2 aromatic carbocycles. The minimum atomic E-state index is -1.58. The third kappa shape index (κ3) is 31.5. The van der Waals surface area contributed by atoms with Crippen molar-refractivity contribution in [2.75, 3.05) is 5.73 Å². The number of hydrogen-bond acceptors (Lipinski definition) is 8. The molecular formula is C31H43NO13. The summed E-state index contributed by atoms with van der Waals surface area (Å²) in [5.41, 5.74) is 6.86. The second kappa shape index (κ2) is 25.3. The maximum Gasteiger partial charge on any atom is 0.335 e. The maximum absolute atomic E-state index is 10.6. The van der Waals surface area contributed by atoms with Crippen molar-refractivity contribution in [1.29, 1.82) is 0 Å². The topological polar surface area (TPSA) is 270 Å². The number of nitrogens with two attached hydrogens (primary N) is 1. The van der Waals surface area contributed by atoms with Crippen LogP contribution >= 0.6 is 0 Å². The molecule has 1 aliphatic rings. The molecule has 0 amide bonds. The molecule has 0 bridgehead atoms. The molecule has 0 aliphatic heterocycles. The maximum atomic E-state index is 10.6. The van der Waals surface area contributed by atoms with Crippen LogP contribution in [0.5, 0.6) is 0 Å². The van der Waals surface area contributed by atoms with Gasteiger partial charge in [0.2, 0.25) is 0 Å². The Bertz CT molecular complexity index is 1200. The summed E-state index contributed by atoms with van der Waals surface area (Å²) in [5, 5.41) is 56.4. The Labute approximate surface area is 261 Å². The van der Waals surface area contributed by atoms with Crippen molar-refractivity contribution < 1.29 is 64.5 Å².